The maximum Gasteiger partial charge on any atom is 0.417 e. The van der Waals surface area contributed by atoms with Crippen molar-refractivity contribution in [1.29, 1.82) is 0 Å². The van der Waals surface area contributed by atoms with E-state index < -0.39 is 63.6 Å². The number of nitrogens with zero attached hydrogens (tertiary/aromatic N) is 3. The van der Waals surface area contributed by atoms with Crippen molar-refractivity contribution in [3.8, 4) is 5.75 Å². The van der Waals surface area contributed by atoms with Gasteiger partial charge in [-0.05, 0) is 67.1 Å². The van der Waals surface area contributed by atoms with E-state index in [-0.39, 0.29) is 53.4 Å². The van der Waals surface area contributed by atoms with Gasteiger partial charge in [-0.2, -0.15) is 18.2 Å². The number of aromatic hydroxyl groups is 1. The summed E-state index contributed by atoms with van der Waals surface area (Å²) in [5.41, 5.74) is 0.804. The second-order valence-electron chi connectivity index (χ2n) is 12.9. The molecule has 15 heteroatoms. The maximum absolute atomic E-state index is 15.1. The summed E-state index contributed by atoms with van der Waals surface area (Å²) in [5, 5.41) is 12.2. The highest BCUT2D eigenvalue weighted by Crippen LogP contribution is 2.65. The van der Waals surface area contributed by atoms with Gasteiger partial charge in [0.25, 0.3) is 11.8 Å². The van der Waals surface area contributed by atoms with Gasteiger partial charge in [0.1, 0.15) is 5.75 Å². The molecule has 7 rings (SSSR count). The van der Waals surface area contributed by atoms with E-state index >= 15 is 4.79 Å². The van der Waals surface area contributed by atoms with Crippen molar-refractivity contribution in [3.63, 3.8) is 0 Å². The molecule has 0 spiro atoms. The lowest BCUT2D eigenvalue weighted by Gasteiger charge is -2.50. The van der Waals surface area contributed by atoms with Gasteiger partial charge in [-0.1, -0.05) is 65.5 Å². The van der Waals surface area contributed by atoms with E-state index in [1.54, 1.807) is 24.3 Å². The Hall–Kier alpha value is -4.13. The fourth-order valence-electron chi connectivity index (χ4n) is 8.39. The summed E-state index contributed by atoms with van der Waals surface area (Å²) in [6.07, 6.45) is -1.69. The molecule has 0 bridgehead atoms. The zero-order chi connectivity index (χ0) is 35.9. The summed E-state index contributed by atoms with van der Waals surface area (Å²) in [7, 11) is 0. The van der Waals surface area contributed by atoms with E-state index in [9.17, 15) is 32.7 Å². The smallest absolute Gasteiger partial charge is 0.417 e. The van der Waals surface area contributed by atoms with Gasteiger partial charge < -0.3 is 5.11 Å². The number of fused-ring (bicyclic) bond motifs is 4. The molecule has 3 heterocycles. The average Bonchev–Trinajstić information content (AvgIpc) is 3.44. The number of carbonyl (C=O) groups excluding carboxylic acids is 4. The number of benzene rings is 2. The lowest BCUT2D eigenvalue weighted by Crippen LogP contribution is -2.53. The highest BCUT2D eigenvalue weighted by molar-refractivity contribution is 6.33. The number of aromatic nitrogens is 1. The van der Waals surface area contributed by atoms with Crippen LogP contribution in [-0.4, -0.2) is 50.2 Å². The third-order valence-corrected chi connectivity index (χ3v) is 11.2. The number of rotatable bonds is 6. The van der Waals surface area contributed by atoms with E-state index in [0.717, 1.165) is 0 Å². The highest BCUT2D eigenvalue weighted by Gasteiger charge is 2.70. The Labute approximate surface area is 299 Å². The number of anilines is 1. The molecule has 0 radical (unpaired) electrons. The second-order valence-corrected chi connectivity index (χ2v) is 14.2. The minimum Gasteiger partial charge on any atom is -0.508 e. The molecular formula is C35H28Cl3F3N4O5. The summed E-state index contributed by atoms with van der Waals surface area (Å²) in [5.74, 6) is -7.31. The molecule has 6 atom stereocenters. The number of pyridine rings is 1. The van der Waals surface area contributed by atoms with E-state index in [1.165, 1.54) is 23.1 Å². The standard InChI is InChI=1S/C35H28Cl3F3N4O5/c1-2-11-44-30(47)21-9-8-20-22(27(21)32(44)49)14-24-31(48)45(43-29-25(38)12-17(15-42-29)35(39,40)41)33(50)34(24,16-3-5-18(36)6-4-16)28(20)23-13-19(37)7-10-26(23)46/h3-8,10,12-13,15,21-22,24,27-28,46H,2,9,11,14H2,1H3,(H,42,43). The minimum atomic E-state index is -4.75. The summed E-state index contributed by atoms with van der Waals surface area (Å²) in [4.78, 5) is 62.2. The number of amides is 4. The van der Waals surface area contributed by atoms with Crippen LogP contribution in [0.2, 0.25) is 15.1 Å². The summed E-state index contributed by atoms with van der Waals surface area (Å²) >= 11 is 19.0. The number of nitrogens with one attached hydrogen (secondary N) is 1. The maximum atomic E-state index is 15.1. The van der Waals surface area contributed by atoms with Crippen LogP contribution in [0.15, 0.2) is 66.4 Å². The molecule has 2 N–H and O–H groups in total. The normalized spacial score (nSPS) is 27.7. The summed E-state index contributed by atoms with van der Waals surface area (Å²) < 4.78 is 40.2. The first kappa shape index (κ1) is 34.3. The van der Waals surface area contributed by atoms with E-state index in [1.807, 2.05) is 13.0 Å². The number of hydrazine groups is 1. The number of allylic oxidation sites excluding steroid dienone is 2. The third-order valence-electron chi connectivity index (χ3n) is 10.4. The first-order valence-corrected chi connectivity index (χ1v) is 17.0. The Morgan fingerprint density at radius 2 is 1.66 bits per heavy atom. The van der Waals surface area contributed by atoms with Crippen molar-refractivity contribution >= 4 is 64.2 Å². The number of imide groups is 2. The predicted octanol–water partition coefficient (Wildman–Crippen LogP) is 7.16. The van der Waals surface area contributed by atoms with Crippen LogP contribution >= 0.6 is 34.8 Å². The lowest BCUT2D eigenvalue weighted by atomic mass is 9.49. The van der Waals surface area contributed by atoms with Gasteiger partial charge in [-0.25, -0.2) is 4.98 Å². The van der Waals surface area contributed by atoms with Crippen LogP contribution in [-0.2, 0) is 30.8 Å². The first-order valence-electron chi connectivity index (χ1n) is 15.9. The second kappa shape index (κ2) is 12.3. The van der Waals surface area contributed by atoms with Gasteiger partial charge in [0.15, 0.2) is 5.82 Å². The molecular weight excluding hydrogens is 720 g/mol. The van der Waals surface area contributed by atoms with Crippen LogP contribution in [0.3, 0.4) is 0 Å². The highest BCUT2D eigenvalue weighted by atomic mass is 35.5. The Bertz CT molecular complexity index is 1990. The summed E-state index contributed by atoms with van der Waals surface area (Å²) in [6.45, 7) is 2.09. The van der Waals surface area contributed by atoms with Crippen molar-refractivity contribution in [2.75, 3.05) is 12.0 Å². The van der Waals surface area contributed by atoms with Crippen molar-refractivity contribution in [2.45, 2.75) is 43.7 Å². The van der Waals surface area contributed by atoms with Crippen LogP contribution < -0.4 is 5.43 Å². The van der Waals surface area contributed by atoms with E-state index in [4.69, 9.17) is 34.8 Å². The Morgan fingerprint density at radius 3 is 2.32 bits per heavy atom. The van der Waals surface area contributed by atoms with Crippen molar-refractivity contribution in [3.05, 3.63) is 98.1 Å². The molecule has 9 nitrogen and oxygen atoms in total. The van der Waals surface area contributed by atoms with Crippen molar-refractivity contribution < 1.29 is 37.5 Å². The average molecular weight is 748 g/mol. The zero-order valence-electron chi connectivity index (χ0n) is 26.2. The predicted molar refractivity (Wildman–Crippen MR) is 177 cm³/mol. The Kier molecular flexibility index (Phi) is 8.43. The van der Waals surface area contributed by atoms with Crippen LogP contribution in [0.1, 0.15) is 48.8 Å². The number of halogens is 6. The molecule has 2 saturated heterocycles. The van der Waals surface area contributed by atoms with Crippen molar-refractivity contribution in [1.82, 2.24) is 14.9 Å². The van der Waals surface area contributed by atoms with E-state index in [0.29, 0.717) is 39.9 Å². The van der Waals surface area contributed by atoms with Gasteiger partial charge >= 0.3 is 6.18 Å². The molecule has 1 aromatic heterocycles. The van der Waals surface area contributed by atoms with Gasteiger partial charge in [0.2, 0.25) is 11.8 Å². The monoisotopic (exact) mass is 746 g/mol. The van der Waals surface area contributed by atoms with Crippen LogP contribution in [0.25, 0.3) is 0 Å². The molecule has 1 saturated carbocycles. The lowest BCUT2D eigenvalue weighted by molar-refractivity contribution is -0.141. The first-order chi connectivity index (χ1) is 23.7. The largest absolute Gasteiger partial charge is 0.508 e. The zero-order valence-corrected chi connectivity index (χ0v) is 28.4. The number of hydrogen-bond acceptors (Lipinski definition) is 7. The summed E-state index contributed by atoms with van der Waals surface area (Å²) in [6, 6.07) is 11.3. The Morgan fingerprint density at radius 1 is 0.960 bits per heavy atom. The molecule has 2 aliphatic carbocycles. The fraction of sp³-hybridized carbons (Fsp3) is 0.343. The molecule has 3 aromatic rings. The van der Waals surface area contributed by atoms with Crippen LogP contribution in [0, 0.1) is 23.7 Å². The van der Waals surface area contributed by atoms with Crippen molar-refractivity contribution in [2.24, 2.45) is 23.7 Å². The fourth-order valence-corrected chi connectivity index (χ4v) is 8.91. The Balaban J connectivity index is 1.44. The third kappa shape index (κ3) is 5.09. The number of hydrogen-bond donors (Lipinski definition) is 2. The molecule has 4 amide bonds. The molecule has 2 aliphatic heterocycles. The van der Waals surface area contributed by atoms with E-state index in [2.05, 4.69) is 10.4 Å². The number of carbonyl (C=O) groups is 4. The number of phenols is 1. The van der Waals surface area contributed by atoms with Crippen LogP contribution in [0.4, 0.5) is 19.0 Å². The number of likely N-dealkylation sites (tertiary alicyclic amines) is 1. The van der Waals surface area contributed by atoms with Gasteiger partial charge in [0, 0.05) is 34.3 Å². The van der Waals surface area contributed by atoms with Gasteiger partial charge in [-0.15, -0.1) is 0 Å². The molecule has 260 valence electrons. The molecule has 3 fully saturated rings. The van der Waals surface area contributed by atoms with Crippen LogP contribution in [0.5, 0.6) is 5.75 Å². The quantitative estimate of drug-likeness (QED) is 0.203. The van der Waals surface area contributed by atoms with Gasteiger partial charge in [-0.3, -0.25) is 29.5 Å². The SMILES string of the molecule is CCCN1C(=O)C2CC=C3C(CC4C(=O)N(Nc5ncc(C(F)(F)F)cc5Cl)C(=O)C4(c4ccc(Cl)cc4)C3c3cc(Cl)ccc3O)C2C1=O. The molecule has 50 heavy (non-hydrogen) atoms. The minimum absolute atomic E-state index is 0.0383. The molecule has 6 unspecified atom stereocenters. The number of alkyl halides is 3. The van der Waals surface area contributed by atoms with Gasteiger partial charge in [0.05, 0.1) is 33.8 Å². The molecule has 2 aromatic carbocycles. The molecule has 4 aliphatic rings. The number of phenolic OH excluding ortho intramolecular Hbond substituents is 1. The topological polar surface area (TPSA) is 120 Å².